The van der Waals surface area contributed by atoms with Gasteiger partial charge in [0, 0.05) is 12.1 Å². The molecule has 0 bridgehead atoms. The number of hydrogen-bond donors (Lipinski definition) is 2. The van der Waals surface area contributed by atoms with E-state index in [9.17, 15) is 4.79 Å². The van der Waals surface area contributed by atoms with Crippen molar-refractivity contribution >= 4 is 5.91 Å². The molecule has 2 N–H and O–H groups in total. The lowest BCUT2D eigenvalue weighted by atomic mass is 9.93. The fraction of sp³-hybridized carbons (Fsp3) is 0.632. The van der Waals surface area contributed by atoms with Gasteiger partial charge in [-0.3, -0.25) is 10.1 Å². The number of carbonyl (C=O) groups excluding carboxylic acids is 1. The second-order valence-corrected chi connectivity index (χ2v) is 7.21. The van der Waals surface area contributed by atoms with Crippen molar-refractivity contribution in [1.82, 2.24) is 10.6 Å². The maximum absolute atomic E-state index is 12.2. The first-order chi connectivity index (χ1) is 10.4. The molecule has 1 fully saturated rings. The van der Waals surface area contributed by atoms with E-state index in [-0.39, 0.29) is 18.0 Å². The van der Waals surface area contributed by atoms with Gasteiger partial charge in [0.05, 0.1) is 6.04 Å². The third-order valence-corrected chi connectivity index (χ3v) is 4.38. The van der Waals surface area contributed by atoms with Crippen LogP contribution in [0.1, 0.15) is 70.5 Å². The molecular weight excluding hydrogens is 272 g/mol. The third kappa shape index (κ3) is 4.57. The van der Waals surface area contributed by atoms with E-state index in [0.717, 1.165) is 12.8 Å². The lowest BCUT2D eigenvalue weighted by molar-refractivity contribution is -0.123. The smallest absolute Gasteiger partial charge is 0.237 e. The monoisotopic (exact) mass is 302 g/mol. The van der Waals surface area contributed by atoms with Crippen molar-refractivity contribution in [1.29, 1.82) is 0 Å². The average Bonchev–Trinajstić information content (AvgIpc) is 3.28. The van der Waals surface area contributed by atoms with Crippen LogP contribution in [-0.2, 0) is 4.79 Å². The lowest BCUT2D eigenvalue weighted by Crippen LogP contribution is -2.45. The largest absolute Gasteiger partial charge is 0.352 e. The van der Waals surface area contributed by atoms with Gasteiger partial charge in [0.1, 0.15) is 0 Å². The zero-order chi connectivity index (χ0) is 16.3. The average molecular weight is 302 g/mol. The van der Waals surface area contributed by atoms with Crippen molar-refractivity contribution < 1.29 is 4.79 Å². The van der Waals surface area contributed by atoms with E-state index in [1.807, 2.05) is 6.92 Å². The van der Waals surface area contributed by atoms with E-state index < -0.39 is 0 Å². The second kappa shape index (κ2) is 7.28. The summed E-state index contributed by atoms with van der Waals surface area (Å²) in [7, 11) is 0. The molecule has 2 rings (SSSR count). The number of carbonyl (C=O) groups is 1. The molecule has 0 unspecified atom stereocenters. The Bertz CT molecular complexity index is 489. The van der Waals surface area contributed by atoms with Crippen LogP contribution in [0.15, 0.2) is 24.3 Å². The van der Waals surface area contributed by atoms with E-state index in [1.54, 1.807) is 0 Å². The van der Waals surface area contributed by atoms with Gasteiger partial charge in [-0.15, -0.1) is 0 Å². The van der Waals surface area contributed by atoms with Crippen LogP contribution in [0.5, 0.6) is 0 Å². The molecule has 0 radical (unpaired) electrons. The summed E-state index contributed by atoms with van der Waals surface area (Å²) >= 11 is 0. The standard InChI is InChI=1S/C19H30N2O/c1-12(2)15-6-8-16(9-7-15)18(13(3)4)20-14(5)19(22)21-17-10-11-17/h6-9,12-14,17-18,20H,10-11H2,1-5H3,(H,21,22)/t14-,18-/m0/s1. The number of hydrogen-bond acceptors (Lipinski definition) is 2. The summed E-state index contributed by atoms with van der Waals surface area (Å²) in [5.41, 5.74) is 2.61. The minimum Gasteiger partial charge on any atom is -0.352 e. The van der Waals surface area contributed by atoms with E-state index in [4.69, 9.17) is 0 Å². The van der Waals surface area contributed by atoms with Gasteiger partial charge in [-0.05, 0) is 42.7 Å². The van der Waals surface area contributed by atoms with Gasteiger partial charge in [-0.25, -0.2) is 0 Å². The Morgan fingerprint density at radius 3 is 2.00 bits per heavy atom. The van der Waals surface area contributed by atoms with Crippen LogP contribution < -0.4 is 10.6 Å². The summed E-state index contributed by atoms with van der Waals surface area (Å²) < 4.78 is 0. The number of benzene rings is 1. The number of nitrogens with one attached hydrogen (secondary N) is 2. The Balaban J connectivity index is 2.03. The van der Waals surface area contributed by atoms with Crippen LogP contribution in [-0.4, -0.2) is 18.0 Å². The molecule has 1 aliphatic rings. The molecule has 22 heavy (non-hydrogen) atoms. The van der Waals surface area contributed by atoms with Crippen LogP contribution in [0.25, 0.3) is 0 Å². The SMILES string of the molecule is CC(C)c1ccc([C@@H](N[C@@H](C)C(=O)NC2CC2)C(C)C)cc1. The molecule has 1 aliphatic carbocycles. The Kier molecular flexibility index (Phi) is 5.63. The molecule has 0 heterocycles. The maximum Gasteiger partial charge on any atom is 0.237 e. The third-order valence-electron chi connectivity index (χ3n) is 4.38. The molecule has 1 aromatic rings. The highest BCUT2D eigenvalue weighted by atomic mass is 16.2. The van der Waals surface area contributed by atoms with Gasteiger partial charge in [0.2, 0.25) is 5.91 Å². The predicted octanol–water partition coefficient (Wildman–Crippen LogP) is 3.76. The molecule has 1 amide bonds. The summed E-state index contributed by atoms with van der Waals surface area (Å²) in [5.74, 6) is 1.09. The highest BCUT2D eigenvalue weighted by molar-refractivity contribution is 5.81. The zero-order valence-electron chi connectivity index (χ0n) is 14.5. The van der Waals surface area contributed by atoms with Crippen LogP contribution in [0, 0.1) is 5.92 Å². The van der Waals surface area contributed by atoms with Crippen LogP contribution in [0.3, 0.4) is 0 Å². The van der Waals surface area contributed by atoms with E-state index in [1.165, 1.54) is 11.1 Å². The fourth-order valence-electron chi connectivity index (χ4n) is 2.66. The summed E-state index contributed by atoms with van der Waals surface area (Å²) in [5, 5.41) is 6.57. The van der Waals surface area contributed by atoms with Crippen molar-refractivity contribution in [2.45, 2.75) is 71.5 Å². The van der Waals surface area contributed by atoms with Crippen molar-refractivity contribution in [2.75, 3.05) is 0 Å². The topological polar surface area (TPSA) is 41.1 Å². The molecule has 3 nitrogen and oxygen atoms in total. The predicted molar refractivity (Wildman–Crippen MR) is 91.9 cm³/mol. The summed E-state index contributed by atoms with van der Waals surface area (Å²) in [4.78, 5) is 12.2. The Labute approximate surface area is 134 Å². The van der Waals surface area contributed by atoms with Crippen molar-refractivity contribution in [3.05, 3.63) is 35.4 Å². The maximum atomic E-state index is 12.2. The molecule has 122 valence electrons. The van der Waals surface area contributed by atoms with Crippen molar-refractivity contribution in [2.24, 2.45) is 5.92 Å². The van der Waals surface area contributed by atoms with Crippen molar-refractivity contribution in [3.8, 4) is 0 Å². The first-order valence-corrected chi connectivity index (χ1v) is 8.54. The highest BCUT2D eigenvalue weighted by Gasteiger charge is 2.27. The molecule has 0 spiro atoms. The first-order valence-electron chi connectivity index (χ1n) is 8.54. The van der Waals surface area contributed by atoms with Gasteiger partial charge >= 0.3 is 0 Å². The molecule has 0 aliphatic heterocycles. The number of amides is 1. The molecule has 1 aromatic carbocycles. The zero-order valence-corrected chi connectivity index (χ0v) is 14.5. The highest BCUT2D eigenvalue weighted by Crippen LogP contribution is 2.25. The minimum absolute atomic E-state index is 0.118. The van der Waals surface area contributed by atoms with Gasteiger partial charge in [0.25, 0.3) is 0 Å². The minimum atomic E-state index is -0.169. The second-order valence-electron chi connectivity index (χ2n) is 7.21. The first kappa shape index (κ1) is 17.0. The van der Waals surface area contributed by atoms with Crippen molar-refractivity contribution in [3.63, 3.8) is 0 Å². The number of rotatable bonds is 7. The van der Waals surface area contributed by atoms with Crippen LogP contribution in [0.2, 0.25) is 0 Å². The summed E-state index contributed by atoms with van der Waals surface area (Å²) in [6.45, 7) is 10.8. The molecule has 1 saturated carbocycles. The molecule has 3 heteroatoms. The molecule has 2 atom stereocenters. The van der Waals surface area contributed by atoms with Crippen LogP contribution >= 0.6 is 0 Å². The van der Waals surface area contributed by atoms with E-state index in [0.29, 0.717) is 17.9 Å². The van der Waals surface area contributed by atoms with E-state index in [2.05, 4.69) is 62.6 Å². The van der Waals surface area contributed by atoms with Gasteiger partial charge in [0.15, 0.2) is 0 Å². The Morgan fingerprint density at radius 2 is 1.55 bits per heavy atom. The Hall–Kier alpha value is -1.35. The summed E-state index contributed by atoms with van der Waals surface area (Å²) in [6.07, 6.45) is 2.26. The quantitative estimate of drug-likeness (QED) is 0.805. The normalized spacial score (nSPS) is 17.6. The van der Waals surface area contributed by atoms with Gasteiger partial charge in [-0.1, -0.05) is 52.0 Å². The molecule has 0 aromatic heterocycles. The van der Waals surface area contributed by atoms with Crippen LogP contribution in [0.4, 0.5) is 0 Å². The Morgan fingerprint density at radius 1 is 1.00 bits per heavy atom. The summed E-state index contributed by atoms with van der Waals surface area (Å²) in [6, 6.07) is 9.23. The molecular formula is C19H30N2O. The molecule has 0 saturated heterocycles. The fourth-order valence-corrected chi connectivity index (χ4v) is 2.66. The van der Waals surface area contributed by atoms with E-state index >= 15 is 0 Å². The van der Waals surface area contributed by atoms with Gasteiger partial charge < -0.3 is 5.32 Å². The van der Waals surface area contributed by atoms with Gasteiger partial charge in [-0.2, -0.15) is 0 Å². The lowest BCUT2D eigenvalue weighted by Gasteiger charge is -2.27.